The van der Waals surface area contributed by atoms with E-state index in [-0.39, 0.29) is 28.4 Å². The van der Waals surface area contributed by atoms with Crippen LogP contribution in [0.3, 0.4) is 0 Å². The molecule has 148 valence electrons. The number of hydrogen-bond donors (Lipinski definition) is 3. The summed E-state index contributed by atoms with van der Waals surface area (Å²) in [7, 11) is 0. The van der Waals surface area contributed by atoms with Crippen LogP contribution < -0.4 is 4.90 Å². The van der Waals surface area contributed by atoms with E-state index in [0.717, 1.165) is 0 Å². The number of phenols is 2. The van der Waals surface area contributed by atoms with Gasteiger partial charge in [0.15, 0.2) is 0 Å². The first-order chi connectivity index (χ1) is 14.5. The van der Waals surface area contributed by atoms with Crippen LogP contribution in [0.15, 0.2) is 84.9 Å². The lowest BCUT2D eigenvalue weighted by Crippen LogP contribution is -2.26. The molecule has 0 spiro atoms. The Bertz CT molecular complexity index is 1240. The van der Waals surface area contributed by atoms with Gasteiger partial charge in [0.05, 0.1) is 16.9 Å². The van der Waals surface area contributed by atoms with Gasteiger partial charge in [-0.2, -0.15) is 0 Å². The highest BCUT2D eigenvalue weighted by atomic mass is 16.4. The molecule has 0 radical (unpaired) electrons. The lowest BCUT2D eigenvalue weighted by molar-refractivity contribution is 0.0696. The van der Waals surface area contributed by atoms with Crippen molar-refractivity contribution in [3.05, 3.63) is 96.1 Å². The standard InChI is InChI=1S/C24H17NO5/c26-21-7-3-1-5-19(21)25(20-6-2-4-8-22(20)27)23(28)17-11-9-16-14-18(24(29)30)12-10-15(16)13-17/h1-14,26-27H,(H,29,30). The van der Waals surface area contributed by atoms with Crippen LogP contribution in [-0.4, -0.2) is 27.2 Å². The summed E-state index contributed by atoms with van der Waals surface area (Å²) >= 11 is 0. The molecule has 0 saturated carbocycles. The van der Waals surface area contributed by atoms with Gasteiger partial charge in [0.25, 0.3) is 5.91 Å². The third-order valence-electron chi connectivity index (χ3n) is 4.78. The number of phenolic OH excluding ortho intramolecular Hbond substituents is 2. The number of rotatable bonds is 4. The molecule has 0 atom stereocenters. The molecule has 4 aromatic carbocycles. The summed E-state index contributed by atoms with van der Waals surface area (Å²) in [6, 6.07) is 22.3. The van der Waals surface area contributed by atoms with Crippen LogP contribution in [0.1, 0.15) is 20.7 Å². The molecule has 0 fully saturated rings. The van der Waals surface area contributed by atoms with Crippen LogP contribution in [0.4, 0.5) is 11.4 Å². The van der Waals surface area contributed by atoms with E-state index in [9.17, 15) is 19.8 Å². The molecule has 0 unspecified atom stereocenters. The second-order valence-electron chi connectivity index (χ2n) is 6.70. The summed E-state index contributed by atoms with van der Waals surface area (Å²) in [6.07, 6.45) is 0. The minimum Gasteiger partial charge on any atom is -0.506 e. The molecule has 4 rings (SSSR count). The van der Waals surface area contributed by atoms with Crippen LogP contribution in [-0.2, 0) is 0 Å². The van der Waals surface area contributed by atoms with Gasteiger partial charge in [-0.25, -0.2) is 4.79 Å². The normalized spacial score (nSPS) is 10.7. The minimum absolute atomic E-state index is 0.110. The zero-order chi connectivity index (χ0) is 21.3. The predicted octanol–water partition coefficient (Wildman–Crippen LogP) is 4.93. The maximum atomic E-state index is 13.5. The molecular formula is C24H17NO5. The first-order valence-corrected chi connectivity index (χ1v) is 9.13. The van der Waals surface area contributed by atoms with E-state index < -0.39 is 11.9 Å². The van der Waals surface area contributed by atoms with Crippen molar-refractivity contribution in [3.63, 3.8) is 0 Å². The topological polar surface area (TPSA) is 98.1 Å². The van der Waals surface area contributed by atoms with Crippen LogP contribution >= 0.6 is 0 Å². The van der Waals surface area contributed by atoms with Gasteiger partial charge in [0, 0.05) is 5.56 Å². The molecule has 6 heteroatoms. The van der Waals surface area contributed by atoms with Gasteiger partial charge >= 0.3 is 5.97 Å². The quantitative estimate of drug-likeness (QED) is 0.452. The number of amides is 1. The van der Waals surface area contributed by atoms with Crippen LogP contribution in [0.5, 0.6) is 11.5 Å². The zero-order valence-electron chi connectivity index (χ0n) is 15.7. The van der Waals surface area contributed by atoms with Crippen LogP contribution in [0.25, 0.3) is 10.8 Å². The highest BCUT2D eigenvalue weighted by molar-refractivity contribution is 6.13. The molecule has 1 amide bonds. The van der Waals surface area contributed by atoms with Crippen molar-refractivity contribution in [1.82, 2.24) is 0 Å². The first kappa shape index (κ1) is 19.0. The fourth-order valence-electron chi connectivity index (χ4n) is 3.30. The molecule has 0 bridgehead atoms. The number of carboxylic acids is 1. The van der Waals surface area contributed by atoms with E-state index in [2.05, 4.69) is 0 Å². The number of carboxylic acid groups (broad SMARTS) is 1. The van der Waals surface area contributed by atoms with Crippen molar-refractivity contribution in [2.24, 2.45) is 0 Å². The number of para-hydroxylation sites is 4. The van der Waals surface area contributed by atoms with E-state index in [1.54, 1.807) is 60.7 Å². The number of anilines is 2. The summed E-state index contributed by atoms with van der Waals surface area (Å²) in [5, 5.41) is 31.2. The average molecular weight is 399 g/mol. The Morgan fingerprint density at radius 1 is 0.633 bits per heavy atom. The van der Waals surface area contributed by atoms with Gasteiger partial charge in [-0.05, 0) is 59.3 Å². The molecule has 0 saturated heterocycles. The molecule has 3 N–H and O–H groups in total. The van der Waals surface area contributed by atoms with Crippen molar-refractivity contribution >= 4 is 34.0 Å². The number of carbonyl (C=O) groups is 2. The molecule has 0 aliphatic heterocycles. The zero-order valence-corrected chi connectivity index (χ0v) is 15.7. The van der Waals surface area contributed by atoms with Crippen molar-refractivity contribution in [2.75, 3.05) is 4.90 Å². The number of hydrogen-bond acceptors (Lipinski definition) is 4. The van der Waals surface area contributed by atoms with Gasteiger partial charge in [-0.15, -0.1) is 0 Å². The number of carbonyl (C=O) groups excluding carboxylic acids is 1. The summed E-state index contributed by atoms with van der Waals surface area (Å²) in [5.74, 6) is -1.70. The molecule has 0 aromatic heterocycles. The average Bonchev–Trinajstić information content (AvgIpc) is 2.75. The van der Waals surface area contributed by atoms with Gasteiger partial charge in [0.2, 0.25) is 0 Å². The number of aromatic carboxylic acids is 1. The second kappa shape index (κ2) is 7.60. The summed E-state index contributed by atoms with van der Waals surface area (Å²) in [5.41, 5.74) is 0.930. The Hall–Kier alpha value is -4.32. The van der Waals surface area contributed by atoms with Crippen molar-refractivity contribution in [2.45, 2.75) is 0 Å². The highest BCUT2D eigenvalue weighted by Gasteiger charge is 2.24. The van der Waals surface area contributed by atoms with Crippen LogP contribution in [0.2, 0.25) is 0 Å². The van der Waals surface area contributed by atoms with E-state index in [0.29, 0.717) is 16.3 Å². The van der Waals surface area contributed by atoms with E-state index in [1.807, 2.05) is 0 Å². The van der Waals surface area contributed by atoms with Gasteiger partial charge < -0.3 is 15.3 Å². The third kappa shape index (κ3) is 3.42. The molecule has 30 heavy (non-hydrogen) atoms. The minimum atomic E-state index is -1.03. The number of benzene rings is 4. The predicted molar refractivity (Wildman–Crippen MR) is 114 cm³/mol. The molecule has 6 nitrogen and oxygen atoms in total. The van der Waals surface area contributed by atoms with Gasteiger partial charge in [-0.3, -0.25) is 9.69 Å². The monoisotopic (exact) mass is 399 g/mol. The van der Waals surface area contributed by atoms with E-state index in [1.165, 1.54) is 29.2 Å². The van der Waals surface area contributed by atoms with Crippen molar-refractivity contribution in [1.29, 1.82) is 0 Å². The summed E-state index contributed by atoms with van der Waals surface area (Å²) in [4.78, 5) is 25.9. The molecule has 0 aliphatic rings. The smallest absolute Gasteiger partial charge is 0.335 e. The van der Waals surface area contributed by atoms with Gasteiger partial charge in [0.1, 0.15) is 11.5 Å². The lowest BCUT2D eigenvalue weighted by Gasteiger charge is -2.24. The SMILES string of the molecule is O=C(O)c1ccc2cc(C(=O)N(c3ccccc3O)c3ccccc3O)ccc2c1. The summed E-state index contributed by atoms with van der Waals surface area (Å²) < 4.78 is 0. The van der Waals surface area contributed by atoms with Crippen molar-refractivity contribution < 1.29 is 24.9 Å². The molecule has 0 heterocycles. The van der Waals surface area contributed by atoms with E-state index in [4.69, 9.17) is 5.11 Å². The fourth-order valence-corrected chi connectivity index (χ4v) is 3.30. The molecule has 4 aromatic rings. The highest BCUT2D eigenvalue weighted by Crippen LogP contribution is 2.38. The van der Waals surface area contributed by atoms with Gasteiger partial charge in [-0.1, -0.05) is 36.4 Å². The lowest BCUT2D eigenvalue weighted by atomic mass is 10.0. The Morgan fingerprint density at radius 3 is 1.60 bits per heavy atom. The maximum Gasteiger partial charge on any atom is 0.335 e. The number of nitrogens with zero attached hydrogens (tertiary/aromatic N) is 1. The molecular weight excluding hydrogens is 382 g/mol. The molecule has 0 aliphatic carbocycles. The Balaban J connectivity index is 1.84. The van der Waals surface area contributed by atoms with E-state index >= 15 is 0 Å². The Morgan fingerprint density at radius 2 is 1.10 bits per heavy atom. The van der Waals surface area contributed by atoms with Crippen LogP contribution in [0, 0.1) is 0 Å². The summed E-state index contributed by atoms with van der Waals surface area (Å²) in [6.45, 7) is 0. The fraction of sp³-hybridized carbons (Fsp3) is 0. The largest absolute Gasteiger partial charge is 0.506 e. The Labute approximate surface area is 171 Å². The number of aromatic hydroxyl groups is 2. The van der Waals surface area contributed by atoms with Crippen molar-refractivity contribution in [3.8, 4) is 11.5 Å². The Kier molecular flexibility index (Phi) is 4.82. The number of fused-ring (bicyclic) bond motifs is 1. The second-order valence-corrected chi connectivity index (χ2v) is 6.70. The third-order valence-corrected chi connectivity index (χ3v) is 4.78. The maximum absolute atomic E-state index is 13.5. The first-order valence-electron chi connectivity index (χ1n) is 9.13.